The van der Waals surface area contributed by atoms with Gasteiger partial charge in [0.05, 0.1) is 11.3 Å². The van der Waals surface area contributed by atoms with Crippen molar-refractivity contribution in [3.63, 3.8) is 0 Å². The van der Waals surface area contributed by atoms with Gasteiger partial charge in [0.2, 0.25) is 0 Å². The van der Waals surface area contributed by atoms with E-state index in [1.807, 2.05) is 0 Å². The van der Waals surface area contributed by atoms with Crippen LogP contribution in [-0.2, 0) is 0 Å². The highest BCUT2D eigenvalue weighted by Crippen LogP contribution is 2.26. The third-order valence-electron chi connectivity index (χ3n) is 3.73. The van der Waals surface area contributed by atoms with E-state index in [0.29, 0.717) is 11.5 Å². The number of nitrogens with one attached hydrogen (secondary N) is 1. The van der Waals surface area contributed by atoms with Crippen LogP contribution in [-0.4, -0.2) is 22.6 Å². The van der Waals surface area contributed by atoms with Crippen LogP contribution in [0.4, 0.5) is 11.5 Å². The van der Waals surface area contributed by atoms with Crippen molar-refractivity contribution >= 4 is 17.5 Å². The number of carboxylic acids is 1. The summed E-state index contributed by atoms with van der Waals surface area (Å²) in [6.45, 7) is 0.842. The van der Waals surface area contributed by atoms with Gasteiger partial charge < -0.3 is 16.2 Å². The quantitative estimate of drug-likeness (QED) is 0.760. The Balaban J connectivity index is 1.83. The van der Waals surface area contributed by atoms with Crippen LogP contribution in [0.3, 0.4) is 0 Å². The van der Waals surface area contributed by atoms with Gasteiger partial charge in [0.1, 0.15) is 5.82 Å². The first-order valence-electron chi connectivity index (χ1n) is 6.89. The molecule has 5 nitrogen and oxygen atoms in total. The van der Waals surface area contributed by atoms with E-state index in [2.05, 4.69) is 10.3 Å². The van der Waals surface area contributed by atoms with E-state index in [9.17, 15) is 4.79 Å². The van der Waals surface area contributed by atoms with E-state index in [4.69, 9.17) is 10.8 Å². The third-order valence-corrected chi connectivity index (χ3v) is 3.73. The van der Waals surface area contributed by atoms with Crippen molar-refractivity contribution in [2.45, 2.75) is 38.5 Å². The van der Waals surface area contributed by atoms with E-state index >= 15 is 0 Å². The highest BCUT2D eigenvalue weighted by Gasteiger charge is 2.13. The minimum atomic E-state index is -1.01. The van der Waals surface area contributed by atoms with Crippen molar-refractivity contribution in [2.75, 3.05) is 17.6 Å². The van der Waals surface area contributed by atoms with Gasteiger partial charge in [-0.3, -0.25) is 0 Å². The first-order valence-corrected chi connectivity index (χ1v) is 6.89. The van der Waals surface area contributed by atoms with Gasteiger partial charge >= 0.3 is 5.97 Å². The van der Waals surface area contributed by atoms with Gasteiger partial charge in [0.25, 0.3) is 0 Å². The number of hydrogen-bond acceptors (Lipinski definition) is 4. The van der Waals surface area contributed by atoms with Crippen LogP contribution in [0.15, 0.2) is 12.3 Å². The molecule has 19 heavy (non-hydrogen) atoms. The Morgan fingerprint density at radius 3 is 2.79 bits per heavy atom. The summed E-state index contributed by atoms with van der Waals surface area (Å²) in [5.41, 5.74) is 6.30. The van der Waals surface area contributed by atoms with Crippen LogP contribution in [0.2, 0.25) is 0 Å². The highest BCUT2D eigenvalue weighted by atomic mass is 16.4. The van der Waals surface area contributed by atoms with E-state index in [1.54, 1.807) is 0 Å². The summed E-state index contributed by atoms with van der Waals surface area (Å²) in [4.78, 5) is 14.8. The summed E-state index contributed by atoms with van der Waals surface area (Å²) < 4.78 is 0. The lowest BCUT2D eigenvalue weighted by molar-refractivity contribution is 0.0696. The number of carbonyl (C=O) groups is 1. The Morgan fingerprint density at radius 1 is 1.42 bits per heavy atom. The number of aromatic nitrogens is 1. The summed E-state index contributed by atoms with van der Waals surface area (Å²) in [7, 11) is 0. The Kier molecular flexibility index (Phi) is 4.60. The smallest absolute Gasteiger partial charge is 0.337 e. The molecule has 0 aromatic carbocycles. The fourth-order valence-electron chi connectivity index (χ4n) is 2.62. The maximum Gasteiger partial charge on any atom is 0.337 e. The van der Waals surface area contributed by atoms with Crippen molar-refractivity contribution in [2.24, 2.45) is 5.92 Å². The van der Waals surface area contributed by atoms with Gasteiger partial charge in [0.15, 0.2) is 0 Å². The van der Waals surface area contributed by atoms with E-state index in [-0.39, 0.29) is 5.56 Å². The van der Waals surface area contributed by atoms with Crippen LogP contribution >= 0.6 is 0 Å². The largest absolute Gasteiger partial charge is 0.478 e. The molecule has 5 heteroatoms. The summed E-state index contributed by atoms with van der Waals surface area (Å²) >= 11 is 0. The Hall–Kier alpha value is -1.78. The van der Waals surface area contributed by atoms with Gasteiger partial charge in [0, 0.05) is 12.7 Å². The summed E-state index contributed by atoms with van der Waals surface area (Å²) in [6, 6.07) is 1.44. The lowest BCUT2D eigenvalue weighted by atomic mass is 9.87. The third kappa shape index (κ3) is 3.84. The molecule has 104 valence electrons. The molecule has 0 aliphatic heterocycles. The lowest BCUT2D eigenvalue weighted by Crippen LogP contribution is -2.14. The minimum Gasteiger partial charge on any atom is -0.478 e. The average Bonchev–Trinajstić information content (AvgIpc) is 2.41. The monoisotopic (exact) mass is 263 g/mol. The predicted octanol–water partition coefficient (Wildman–Crippen LogP) is 2.74. The second-order valence-corrected chi connectivity index (χ2v) is 5.19. The molecule has 4 N–H and O–H groups in total. The Bertz CT molecular complexity index is 442. The Labute approximate surface area is 113 Å². The molecule has 0 saturated heterocycles. The van der Waals surface area contributed by atoms with Gasteiger partial charge in [-0.15, -0.1) is 0 Å². The molecule has 1 aliphatic carbocycles. The molecule has 1 aliphatic rings. The van der Waals surface area contributed by atoms with Gasteiger partial charge in [-0.2, -0.15) is 0 Å². The summed E-state index contributed by atoms with van der Waals surface area (Å²) in [6.07, 6.45) is 9.17. The number of hydrogen-bond donors (Lipinski definition) is 3. The fraction of sp³-hybridized carbons (Fsp3) is 0.571. The van der Waals surface area contributed by atoms with Gasteiger partial charge in [-0.05, 0) is 18.4 Å². The van der Waals surface area contributed by atoms with Crippen LogP contribution < -0.4 is 11.1 Å². The van der Waals surface area contributed by atoms with Crippen LogP contribution in [0, 0.1) is 5.92 Å². The molecule has 0 unspecified atom stereocenters. The number of pyridine rings is 1. The topological polar surface area (TPSA) is 88.2 Å². The molecule has 1 aromatic heterocycles. The van der Waals surface area contributed by atoms with Crippen molar-refractivity contribution < 1.29 is 9.90 Å². The van der Waals surface area contributed by atoms with Crippen molar-refractivity contribution in [1.82, 2.24) is 4.98 Å². The van der Waals surface area contributed by atoms with Crippen LogP contribution in [0.5, 0.6) is 0 Å². The first-order chi connectivity index (χ1) is 9.16. The maximum absolute atomic E-state index is 10.8. The maximum atomic E-state index is 10.8. The van der Waals surface area contributed by atoms with Gasteiger partial charge in [-0.1, -0.05) is 32.1 Å². The number of rotatable bonds is 5. The van der Waals surface area contributed by atoms with E-state index in [1.165, 1.54) is 44.4 Å². The Morgan fingerprint density at radius 2 is 2.16 bits per heavy atom. The molecule has 1 saturated carbocycles. The molecule has 0 atom stereocenters. The molecule has 1 fully saturated rings. The van der Waals surface area contributed by atoms with Crippen LogP contribution in [0.25, 0.3) is 0 Å². The minimum absolute atomic E-state index is 0.121. The first kappa shape index (κ1) is 13.6. The van der Waals surface area contributed by atoms with Crippen molar-refractivity contribution in [3.05, 3.63) is 17.8 Å². The second-order valence-electron chi connectivity index (χ2n) is 5.19. The van der Waals surface area contributed by atoms with Crippen molar-refractivity contribution in [3.8, 4) is 0 Å². The molecule has 0 spiro atoms. The normalized spacial score (nSPS) is 16.2. The molecule has 2 rings (SSSR count). The number of nitrogens with two attached hydrogens (primary N) is 1. The number of aromatic carboxylic acids is 1. The highest BCUT2D eigenvalue weighted by molar-refractivity contribution is 5.89. The molecular weight excluding hydrogens is 242 g/mol. The summed E-state index contributed by atoms with van der Waals surface area (Å²) in [5.74, 6) is 0.384. The molecular formula is C14H21N3O2. The zero-order valence-corrected chi connectivity index (χ0v) is 11.1. The number of nitrogens with zero attached hydrogens (tertiary/aromatic N) is 1. The van der Waals surface area contributed by atoms with E-state index in [0.717, 1.165) is 18.9 Å². The molecule has 1 aromatic rings. The predicted molar refractivity (Wildman–Crippen MR) is 75.3 cm³/mol. The SMILES string of the molecule is Nc1cc(C(=O)O)cnc1NCCC1CCCCC1. The fourth-order valence-corrected chi connectivity index (χ4v) is 2.62. The molecule has 0 radical (unpaired) electrons. The molecule has 0 amide bonds. The molecule has 1 heterocycles. The zero-order chi connectivity index (χ0) is 13.7. The molecule has 0 bridgehead atoms. The summed E-state index contributed by atoms with van der Waals surface area (Å²) in [5, 5.41) is 12.0. The standard InChI is InChI=1S/C14H21N3O2/c15-12-8-11(14(18)19)9-17-13(12)16-7-6-10-4-2-1-3-5-10/h8-10H,1-7,15H2,(H,16,17)(H,18,19). The van der Waals surface area contributed by atoms with Crippen molar-refractivity contribution in [1.29, 1.82) is 0 Å². The van der Waals surface area contributed by atoms with E-state index < -0.39 is 5.97 Å². The number of anilines is 2. The van der Waals surface area contributed by atoms with Crippen LogP contribution in [0.1, 0.15) is 48.9 Å². The zero-order valence-electron chi connectivity index (χ0n) is 11.1. The average molecular weight is 263 g/mol. The second kappa shape index (κ2) is 6.41. The lowest BCUT2D eigenvalue weighted by Gasteiger charge is -2.21. The number of nitrogen functional groups attached to an aromatic ring is 1. The van der Waals surface area contributed by atoms with Gasteiger partial charge in [-0.25, -0.2) is 9.78 Å². The number of carboxylic acid groups (broad SMARTS) is 1.